The molecule has 1 aromatic carbocycles. The predicted octanol–water partition coefficient (Wildman–Crippen LogP) is 1.88. The number of rotatable bonds is 3. The van der Waals surface area contributed by atoms with Crippen molar-refractivity contribution >= 4 is 11.9 Å². The van der Waals surface area contributed by atoms with Crippen LogP contribution in [0.1, 0.15) is 28.8 Å². The van der Waals surface area contributed by atoms with Crippen molar-refractivity contribution in [2.75, 3.05) is 13.1 Å². The third kappa shape index (κ3) is 2.60. The molecule has 0 bridgehead atoms. The van der Waals surface area contributed by atoms with Crippen LogP contribution in [0.3, 0.4) is 0 Å². The first-order valence-electron chi connectivity index (χ1n) is 7.29. The average Bonchev–Trinajstić information content (AvgIpc) is 3.16. The third-order valence-electron chi connectivity index (χ3n) is 4.58. The molecule has 3 rings (SSSR count). The maximum atomic E-state index is 12.5. The van der Waals surface area contributed by atoms with Crippen molar-refractivity contribution in [1.82, 2.24) is 4.90 Å². The van der Waals surface area contributed by atoms with E-state index in [2.05, 4.69) is 0 Å². The van der Waals surface area contributed by atoms with Crippen LogP contribution >= 0.6 is 0 Å². The topological polar surface area (TPSA) is 77.8 Å². The first-order chi connectivity index (χ1) is 9.97. The van der Waals surface area contributed by atoms with E-state index in [1.54, 1.807) is 23.1 Å². The highest BCUT2D eigenvalue weighted by Crippen LogP contribution is 2.44. The van der Waals surface area contributed by atoms with Crippen LogP contribution in [0.2, 0.25) is 0 Å². The van der Waals surface area contributed by atoms with Gasteiger partial charge in [-0.25, -0.2) is 0 Å². The first kappa shape index (κ1) is 13.9. The number of phenolic OH excluding ortho intramolecular Hbond substituents is 1. The number of aliphatic carboxylic acids is 1. The van der Waals surface area contributed by atoms with E-state index in [-0.39, 0.29) is 29.7 Å². The molecule has 2 N–H and O–H groups in total. The van der Waals surface area contributed by atoms with Crippen molar-refractivity contribution in [2.24, 2.45) is 17.8 Å². The molecular formula is C16H19NO4. The largest absolute Gasteiger partial charge is 0.507 e. The molecule has 2 atom stereocenters. The fourth-order valence-electron chi connectivity index (χ4n) is 3.25. The Balaban J connectivity index is 1.80. The highest BCUT2D eigenvalue weighted by Gasteiger charge is 2.47. The monoisotopic (exact) mass is 289 g/mol. The third-order valence-corrected chi connectivity index (χ3v) is 4.58. The summed E-state index contributed by atoms with van der Waals surface area (Å²) in [6.07, 6.45) is 2.12. The van der Waals surface area contributed by atoms with Gasteiger partial charge in [0.05, 0.1) is 11.5 Å². The van der Waals surface area contributed by atoms with E-state index in [0.717, 1.165) is 18.4 Å². The number of carbonyl (C=O) groups is 2. The Hall–Kier alpha value is -2.04. The Morgan fingerprint density at radius 3 is 2.52 bits per heavy atom. The molecule has 5 nitrogen and oxygen atoms in total. The van der Waals surface area contributed by atoms with Gasteiger partial charge in [0, 0.05) is 13.1 Å². The lowest BCUT2D eigenvalue weighted by molar-refractivity contribution is -0.142. The number of amides is 1. The van der Waals surface area contributed by atoms with Crippen LogP contribution in [0.15, 0.2) is 18.2 Å². The number of hydrogen-bond donors (Lipinski definition) is 2. The summed E-state index contributed by atoms with van der Waals surface area (Å²) in [6.45, 7) is 2.56. The second kappa shape index (κ2) is 5.06. The quantitative estimate of drug-likeness (QED) is 0.890. The van der Waals surface area contributed by atoms with Gasteiger partial charge < -0.3 is 15.1 Å². The number of benzene rings is 1. The number of carbonyl (C=O) groups excluding carboxylic acids is 1. The van der Waals surface area contributed by atoms with Gasteiger partial charge in [0.2, 0.25) is 0 Å². The Morgan fingerprint density at radius 1 is 1.24 bits per heavy atom. The number of carboxylic acids is 1. The summed E-state index contributed by atoms with van der Waals surface area (Å²) in [5.41, 5.74) is 1.13. The van der Waals surface area contributed by atoms with Gasteiger partial charge in [0.1, 0.15) is 5.75 Å². The molecule has 2 fully saturated rings. The van der Waals surface area contributed by atoms with Crippen molar-refractivity contribution in [3.8, 4) is 5.75 Å². The van der Waals surface area contributed by atoms with Gasteiger partial charge in [0.25, 0.3) is 5.91 Å². The van der Waals surface area contributed by atoms with Gasteiger partial charge in [-0.3, -0.25) is 9.59 Å². The summed E-state index contributed by atoms with van der Waals surface area (Å²) in [5.74, 6) is -1.12. The molecule has 1 aliphatic carbocycles. The molecule has 1 saturated carbocycles. The number of aromatic hydroxyl groups is 1. The SMILES string of the molecule is Cc1ccc(C(=O)N2C[C@H](C(=O)O)[C@@H](C3CC3)C2)c(O)c1. The fourth-order valence-corrected chi connectivity index (χ4v) is 3.25. The molecule has 0 spiro atoms. The molecular weight excluding hydrogens is 270 g/mol. The van der Waals surface area contributed by atoms with Crippen LogP contribution in [0.5, 0.6) is 5.75 Å². The molecule has 1 aliphatic heterocycles. The Morgan fingerprint density at radius 2 is 1.95 bits per heavy atom. The van der Waals surface area contributed by atoms with Crippen LogP contribution in [-0.4, -0.2) is 40.1 Å². The Labute approximate surface area is 123 Å². The molecule has 1 amide bonds. The average molecular weight is 289 g/mol. The van der Waals surface area contributed by atoms with Crippen molar-refractivity contribution in [1.29, 1.82) is 0 Å². The summed E-state index contributed by atoms with van der Waals surface area (Å²) in [5, 5.41) is 19.3. The fraction of sp³-hybridized carbons (Fsp3) is 0.500. The van der Waals surface area contributed by atoms with E-state index in [1.165, 1.54) is 0 Å². The van der Waals surface area contributed by atoms with Crippen molar-refractivity contribution in [3.63, 3.8) is 0 Å². The molecule has 1 saturated heterocycles. The lowest BCUT2D eigenvalue weighted by atomic mass is 9.92. The molecule has 0 aromatic heterocycles. The van der Waals surface area contributed by atoms with E-state index in [4.69, 9.17) is 0 Å². The zero-order chi connectivity index (χ0) is 15.1. The zero-order valence-corrected chi connectivity index (χ0v) is 12.0. The van der Waals surface area contributed by atoms with Gasteiger partial charge in [-0.1, -0.05) is 6.07 Å². The zero-order valence-electron chi connectivity index (χ0n) is 12.0. The van der Waals surface area contributed by atoms with Gasteiger partial charge in [-0.15, -0.1) is 0 Å². The minimum Gasteiger partial charge on any atom is -0.507 e. The second-order valence-corrected chi connectivity index (χ2v) is 6.18. The van der Waals surface area contributed by atoms with E-state index in [9.17, 15) is 19.8 Å². The maximum absolute atomic E-state index is 12.5. The first-order valence-corrected chi connectivity index (χ1v) is 7.29. The van der Waals surface area contributed by atoms with Gasteiger partial charge in [-0.05, 0) is 49.3 Å². The van der Waals surface area contributed by atoms with E-state index in [1.807, 2.05) is 6.92 Å². The van der Waals surface area contributed by atoms with Gasteiger partial charge >= 0.3 is 5.97 Å². The Bertz CT molecular complexity index is 594. The highest BCUT2D eigenvalue weighted by molar-refractivity contribution is 5.97. The lowest BCUT2D eigenvalue weighted by Crippen LogP contribution is -2.30. The summed E-state index contributed by atoms with van der Waals surface area (Å²) in [7, 11) is 0. The maximum Gasteiger partial charge on any atom is 0.308 e. The second-order valence-electron chi connectivity index (χ2n) is 6.18. The van der Waals surface area contributed by atoms with Crippen LogP contribution in [0.4, 0.5) is 0 Å². The number of nitrogens with zero attached hydrogens (tertiary/aromatic N) is 1. The molecule has 21 heavy (non-hydrogen) atoms. The van der Waals surface area contributed by atoms with E-state index in [0.29, 0.717) is 12.5 Å². The van der Waals surface area contributed by atoms with Crippen molar-refractivity contribution < 1.29 is 19.8 Å². The van der Waals surface area contributed by atoms with Crippen molar-refractivity contribution in [3.05, 3.63) is 29.3 Å². The minimum absolute atomic E-state index is 0.0400. The van der Waals surface area contributed by atoms with Gasteiger partial charge in [0.15, 0.2) is 0 Å². The molecule has 0 radical (unpaired) electrons. The van der Waals surface area contributed by atoms with E-state index >= 15 is 0 Å². The van der Waals surface area contributed by atoms with Crippen LogP contribution < -0.4 is 0 Å². The normalized spacial score (nSPS) is 25.1. The summed E-state index contributed by atoms with van der Waals surface area (Å²) >= 11 is 0. The Kier molecular flexibility index (Phi) is 3.35. The predicted molar refractivity (Wildman–Crippen MR) is 76.1 cm³/mol. The number of phenols is 1. The molecule has 112 valence electrons. The van der Waals surface area contributed by atoms with E-state index < -0.39 is 11.9 Å². The van der Waals surface area contributed by atoms with Crippen molar-refractivity contribution in [2.45, 2.75) is 19.8 Å². The number of aryl methyl sites for hydroxylation is 1. The number of carboxylic acid groups (broad SMARTS) is 1. The lowest BCUT2D eigenvalue weighted by Gasteiger charge is -2.17. The molecule has 1 heterocycles. The minimum atomic E-state index is -0.824. The molecule has 5 heteroatoms. The van der Waals surface area contributed by atoms with Crippen LogP contribution in [0, 0.1) is 24.7 Å². The van der Waals surface area contributed by atoms with Gasteiger partial charge in [-0.2, -0.15) is 0 Å². The van der Waals surface area contributed by atoms with Crippen LogP contribution in [0.25, 0.3) is 0 Å². The number of likely N-dealkylation sites (tertiary alicyclic amines) is 1. The number of hydrogen-bond acceptors (Lipinski definition) is 3. The summed E-state index contributed by atoms with van der Waals surface area (Å²) in [6, 6.07) is 4.93. The summed E-state index contributed by atoms with van der Waals surface area (Å²) < 4.78 is 0. The molecule has 1 aromatic rings. The summed E-state index contributed by atoms with van der Waals surface area (Å²) in [4.78, 5) is 25.5. The molecule has 0 unspecified atom stereocenters. The smallest absolute Gasteiger partial charge is 0.308 e. The standard InChI is InChI=1S/C16H19NO4/c1-9-2-5-11(14(18)6-9)15(19)17-7-12(10-3-4-10)13(8-17)16(20)21/h2,5-6,10,12-13,18H,3-4,7-8H2,1H3,(H,20,21)/t12-,13+/m1/s1. The molecule has 2 aliphatic rings. The highest BCUT2D eigenvalue weighted by atomic mass is 16.4. The van der Waals surface area contributed by atoms with Crippen LogP contribution in [-0.2, 0) is 4.79 Å².